The molecule has 1 unspecified atom stereocenters. The number of nitrogens with one attached hydrogen (secondary N) is 1. The smallest absolute Gasteiger partial charge is 0.253 e. The van der Waals surface area contributed by atoms with Gasteiger partial charge in [0.1, 0.15) is 17.9 Å². The lowest BCUT2D eigenvalue weighted by Gasteiger charge is -2.40. The van der Waals surface area contributed by atoms with Crippen molar-refractivity contribution in [1.29, 1.82) is 0 Å². The summed E-state index contributed by atoms with van der Waals surface area (Å²) in [6.45, 7) is 1.74. The first-order valence-electron chi connectivity index (χ1n) is 6.50. The molecule has 1 heterocycles. The van der Waals surface area contributed by atoms with Crippen LogP contribution < -0.4 is 10.2 Å². The number of rotatable bonds is 2. The van der Waals surface area contributed by atoms with Gasteiger partial charge < -0.3 is 10.2 Å². The second-order valence-electron chi connectivity index (χ2n) is 5.51. The highest BCUT2D eigenvalue weighted by atomic mass is 79.9. The van der Waals surface area contributed by atoms with E-state index >= 15 is 0 Å². The second-order valence-corrected chi connectivity index (χ2v) is 6.37. The quantitative estimate of drug-likeness (QED) is 0.897. The molecular weight excluding hydrogens is 327 g/mol. The van der Waals surface area contributed by atoms with Crippen LogP contribution in [-0.2, 0) is 9.59 Å². The summed E-state index contributed by atoms with van der Waals surface area (Å²) < 4.78 is 13.6. The second kappa shape index (κ2) is 4.55. The van der Waals surface area contributed by atoms with Gasteiger partial charge >= 0.3 is 0 Å². The zero-order valence-corrected chi connectivity index (χ0v) is 12.5. The molecule has 2 amide bonds. The van der Waals surface area contributed by atoms with E-state index in [1.807, 2.05) is 0 Å². The molecule has 106 valence electrons. The van der Waals surface area contributed by atoms with Crippen LogP contribution in [-0.4, -0.2) is 23.9 Å². The van der Waals surface area contributed by atoms with Crippen LogP contribution in [0.5, 0.6) is 0 Å². The molecule has 2 fully saturated rings. The number of amides is 2. The number of carbonyl (C=O) groups excluding carboxylic acids is 2. The van der Waals surface area contributed by atoms with Crippen LogP contribution in [0.1, 0.15) is 19.8 Å². The van der Waals surface area contributed by atoms with Crippen molar-refractivity contribution in [2.24, 2.45) is 5.92 Å². The summed E-state index contributed by atoms with van der Waals surface area (Å²) >= 11 is 3.10. The van der Waals surface area contributed by atoms with Crippen LogP contribution in [0.2, 0.25) is 0 Å². The number of halogens is 2. The number of hydrogen-bond acceptors (Lipinski definition) is 2. The number of anilines is 1. The van der Waals surface area contributed by atoms with Crippen LogP contribution in [0.4, 0.5) is 10.1 Å². The van der Waals surface area contributed by atoms with Gasteiger partial charge in [0.25, 0.3) is 5.91 Å². The molecule has 0 spiro atoms. The van der Waals surface area contributed by atoms with Crippen molar-refractivity contribution < 1.29 is 14.0 Å². The molecule has 2 aliphatic rings. The Bertz CT molecular complexity index is 603. The first-order valence-corrected chi connectivity index (χ1v) is 7.29. The van der Waals surface area contributed by atoms with Crippen LogP contribution >= 0.6 is 15.9 Å². The molecule has 6 heteroatoms. The Balaban J connectivity index is 1.97. The molecule has 0 aromatic heterocycles. The number of nitrogens with zero attached hydrogens (tertiary/aromatic N) is 1. The average Bonchev–Trinajstić information content (AvgIpc) is 3.22. The van der Waals surface area contributed by atoms with Crippen molar-refractivity contribution in [1.82, 2.24) is 5.32 Å². The summed E-state index contributed by atoms with van der Waals surface area (Å²) in [6, 6.07) is 4.33. The third-order valence-corrected chi connectivity index (χ3v) is 4.61. The highest BCUT2D eigenvalue weighted by molar-refractivity contribution is 9.10. The summed E-state index contributed by atoms with van der Waals surface area (Å²) in [5, 5.41) is 2.81. The first kappa shape index (κ1) is 13.5. The summed E-state index contributed by atoms with van der Waals surface area (Å²) in [7, 11) is 0. The minimum absolute atomic E-state index is 0.0286. The molecule has 1 aliphatic heterocycles. The Morgan fingerprint density at radius 1 is 1.40 bits per heavy atom. The monoisotopic (exact) mass is 340 g/mol. The van der Waals surface area contributed by atoms with Gasteiger partial charge in [-0.3, -0.25) is 9.59 Å². The number of hydrogen-bond donors (Lipinski definition) is 1. The van der Waals surface area contributed by atoms with Crippen molar-refractivity contribution in [3.63, 3.8) is 0 Å². The predicted molar refractivity (Wildman–Crippen MR) is 75.7 cm³/mol. The molecule has 1 saturated heterocycles. The molecule has 1 saturated carbocycles. The van der Waals surface area contributed by atoms with E-state index in [1.54, 1.807) is 6.92 Å². The molecule has 1 atom stereocenters. The summed E-state index contributed by atoms with van der Waals surface area (Å²) in [5.74, 6) is -0.504. The number of piperazine rings is 1. The van der Waals surface area contributed by atoms with Crippen molar-refractivity contribution >= 4 is 33.4 Å². The molecule has 1 aromatic carbocycles. The lowest BCUT2D eigenvalue weighted by atomic mass is 9.91. The van der Waals surface area contributed by atoms with Gasteiger partial charge in [-0.25, -0.2) is 4.39 Å². The zero-order chi connectivity index (χ0) is 14.5. The van der Waals surface area contributed by atoms with Crippen molar-refractivity contribution in [3.05, 3.63) is 28.5 Å². The third-order valence-electron chi connectivity index (χ3n) is 4.00. The molecule has 0 radical (unpaired) electrons. The minimum atomic E-state index is -0.837. The molecule has 0 bridgehead atoms. The lowest BCUT2D eigenvalue weighted by Crippen LogP contribution is -2.66. The van der Waals surface area contributed by atoms with E-state index in [0.717, 1.165) is 12.8 Å². The number of benzene rings is 1. The van der Waals surface area contributed by atoms with Gasteiger partial charge in [-0.05, 0) is 59.8 Å². The van der Waals surface area contributed by atoms with Gasteiger partial charge in [-0.2, -0.15) is 0 Å². The van der Waals surface area contributed by atoms with E-state index in [1.165, 1.54) is 23.1 Å². The highest BCUT2D eigenvalue weighted by Crippen LogP contribution is 2.42. The third kappa shape index (κ3) is 2.12. The summed E-state index contributed by atoms with van der Waals surface area (Å²) in [5.41, 5.74) is -0.305. The van der Waals surface area contributed by atoms with Crippen molar-refractivity contribution in [2.45, 2.75) is 25.3 Å². The van der Waals surface area contributed by atoms with Crippen LogP contribution in [0.25, 0.3) is 0 Å². The Kier molecular flexibility index (Phi) is 3.08. The molecular formula is C14H14BrFN2O2. The van der Waals surface area contributed by atoms with E-state index in [0.29, 0.717) is 5.69 Å². The topological polar surface area (TPSA) is 49.4 Å². The Hall–Kier alpha value is -1.43. The van der Waals surface area contributed by atoms with E-state index < -0.39 is 11.4 Å². The fraction of sp³-hybridized carbons (Fsp3) is 0.429. The van der Waals surface area contributed by atoms with Crippen LogP contribution in [0.3, 0.4) is 0 Å². The zero-order valence-electron chi connectivity index (χ0n) is 11.0. The van der Waals surface area contributed by atoms with Crippen LogP contribution in [0, 0.1) is 11.7 Å². The summed E-state index contributed by atoms with van der Waals surface area (Å²) in [6.07, 6.45) is 1.90. The highest BCUT2D eigenvalue weighted by Gasteiger charge is 2.52. The van der Waals surface area contributed by atoms with E-state index in [2.05, 4.69) is 21.2 Å². The normalized spacial score (nSPS) is 26.6. The van der Waals surface area contributed by atoms with Gasteiger partial charge in [0.2, 0.25) is 5.91 Å². The maximum Gasteiger partial charge on any atom is 0.253 e. The standard InChI is InChI=1S/C14H14BrFN2O2/c1-14(8-2-3-8)13(20)18(7-12(19)17-14)9-4-5-11(16)10(15)6-9/h4-6,8H,2-3,7H2,1H3,(H,17,19). The van der Waals surface area contributed by atoms with E-state index in [4.69, 9.17) is 0 Å². The molecule has 1 aliphatic carbocycles. The number of carbonyl (C=O) groups is 2. The van der Waals surface area contributed by atoms with Crippen molar-refractivity contribution in [3.8, 4) is 0 Å². The molecule has 3 rings (SSSR count). The fourth-order valence-corrected chi connectivity index (χ4v) is 3.04. The average molecular weight is 341 g/mol. The SMILES string of the molecule is CC1(C2CC2)NC(=O)CN(c2ccc(F)c(Br)c2)C1=O. The van der Waals surface area contributed by atoms with E-state index in [9.17, 15) is 14.0 Å². The van der Waals surface area contributed by atoms with Crippen molar-refractivity contribution in [2.75, 3.05) is 11.4 Å². The van der Waals surface area contributed by atoms with Gasteiger partial charge in [-0.1, -0.05) is 0 Å². The fourth-order valence-electron chi connectivity index (χ4n) is 2.68. The summed E-state index contributed by atoms with van der Waals surface area (Å²) in [4.78, 5) is 26.0. The maximum atomic E-state index is 13.3. The lowest BCUT2D eigenvalue weighted by molar-refractivity contribution is -0.136. The Labute approximate surface area is 124 Å². The van der Waals surface area contributed by atoms with Gasteiger partial charge in [0.05, 0.1) is 4.47 Å². The molecule has 20 heavy (non-hydrogen) atoms. The minimum Gasteiger partial charge on any atom is -0.340 e. The maximum absolute atomic E-state index is 13.3. The van der Waals surface area contributed by atoms with Gasteiger partial charge in [0.15, 0.2) is 0 Å². The Morgan fingerprint density at radius 3 is 2.70 bits per heavy atom. The van der Waals surface area contributed by atoms with Crippen LogP contribution in [0.15, 0.2) is 22.7 Å². The van der Waals surface area contributed by atoms with Gasteiger partial charge in [0, 0.05) is 5.69 Å². The first-order chi connectivity index (χ1) is 9.41. The van der Waals surface area contributed by atoms with E-state index in [-0.39, 0.29) is 28.7 Å². The Morgan fingerprint density at radius 2 is 2.10 bits per heavy atom. The largest absolute Gasteiger partial charge is 0.340 e. The predicted octanol–water partition coefficient (Wildman–Crippen LogP) is 2.22. The molecule has 1 aromatic rings. The van der Waals surface area contributed by atoms with Gasteiger partial charge in [-0.15, -0.1) is 0 Å². The molecule has 4 nitrogen and oxygen atoms in total. The molecule has 1 N–H and O–H groups in total.